The molecule has 2 rings (SSSR count). The van der Waals surface area contributed by atoms with Gasteiger partial charge in [-0.05, 0) is 48.5 Å². The first-order chi connectivity index (χ1) is 7.53. The summed E-state index contributed by atoms with van der Waals surface area (Å²) in [4.78, 5) is 8.29. The van der Waals surface area contributed by atoms with E-state index in [9.17, 15) is 0 Å². The van der Waals surface area contributed by atoms with Gasteiger partial charge in [-0.2, -0.15) is 4.98 Å². The highest BCUT2D eigenvalue weighted by Crippen LogP contribution is 2.41. The van der Waals surface area contributed by atoms with E-state index >= 15 is 0 Å². The van der Waals surface area contributed by atoms with Crippen molar-refractivity contribution in [2.75, 3.05) is 10.7 Å². The van der Waals surface area contributed by atoms with E-state index in [1.807, 2.05) is 0 Å². The molecule has 1 fully saturated rings. The minimum atomic E-state index is 0.0583. The van der Waals surface area contributed by atoms with Gasteiger partial charge in [-0.25, -0.2) is 10.8 Å². The fourth-order valence-electron chi connectivity index (χ4n) is 1.74. The highest BCUT2D eigenvalue weighted by Gasteiger charge is 2.38. The number of hydrogen-bond donors (Lipinski definition) is 3. The average molecular weight is 286 g/mol. The number of anilines is 2. The molecule has 0 atom stereocenters. The molecule has 0 amide bonds. The molecular formula is C10H16BrN5. The van der Waals surface area contributed by atoms with E-state index in [1.165, 1.54) is 12.8 Å². The molecule has 6 heteroatoms. The minimum absolute atomic E-state index is 0.0583. The number of nitrogens with two attached hydrogens (primary N) is 1. The number of halogens is 1. The number of rotatable bonds is 4. The minimum Gasteiger partial charge on any atom is -0.364 e. The van der Waals surface area contributed by atoms with Crippen LogP contribution in [0.4, 0.5) is 11.8 Å². The van der Waals surface area contributed by atoms with Crippen LogP contribution in [0.15, 0.2) is 10.7 Å². The van der Waals surface area contributed by atoms with Gasteiger partial charge in [0.1, 0.15) is 5.82 Å². The Kier molecular flexibility index (Phi) is 3.03. The average Bonchev–Trinajstić information content (AvgIpc) is 3.04. The molecule has 0 spiro atoms. The fraction of sp³-hybridized carbons (Fsp3) is 0.600. The molecule has 0 aliphatic heterocycles. The molecule has 5 nitrogen and oxygen atoms in total. The second-order valence-electron chi connectivity index (χ2n) is 4.66. The number of hydrogen-bond acceptors (Lipinski definition) is 5. The Morgan fingerprint density at radius 3 is 2.75 bits per heavy atom. The second kappa shape index (κ2) is 4.18. The van der Waals surface area contributed by atoms with E-state index in [4.69, 9.17) is 5.84 Å². The summed E-state index contributed by atoms with van der Waals surface area (Å²) in [7, 11) is 0. The smallest absolute Gasteiger partial charge is 0.239 e. The van der Waals surface area contributed by atoms with Crippen LogP contribution in [0.5, 0.6) is 0 Å². The Hall–Kier alpha value is -0.880. The zero-order valence-electron chi connectivity index (χ0n) is 9.42. The molecule has 0 unspecified atom stereocenters. The monoisotopic (exact) mass is 285 g/mol. The maximum Gasteiger partial charge on any atom is 0.239 e. The number of nitrogens with zero attached hydrogens (tertiary/aromatic N) is 2. The Labute approximate surface area is 103 Å². The standard InChI is InChI=1S/C10H16BrN5/c1-10(2,6-3-4-6)15-8-7(11)5-13-9(14-8)16-12/h5-6H,3-4,12H2,1-2H3,(H2,13,14,15,16). The van der Waals surface area contributed by atoms with Crippen LogP contribution in [0.2, 0.25) is 0 Å². The SMILES string of the molecule is CC(C)(Nc1nc(NN)ncc1Br)C1CC1. The first-order valence-corrected chi connectivity index (χ1v) is 6.09. The first kappa shape index (κ1) is 11.6. The summed E-state index contributed by atoms with van der Waals surface area (Å²) < 4.78 is 0.847. The van der Waals surface area contributed by atoms with Crippen LogP contribution in [0.1, 0.15) is 26.7 Å². The molecule has 1 saturated carbocycles. The van der Waals surface area contributed by atoms with Gasteiger partial charge in [0.05, 0.1) is 4.47 Å². The molecule has 1 aromatic rings. The number of nitrogen functional groups attached to an aromatic ring is 1. The summed E-state index contributed by atoms with van der Waals surface area (Å²) in [5.41, 5.74) is 2.50. The van der Waals surface area contributed by atoms with Crippen LogP contribution in [0.25, 0.3) is 0 Å². The first-order valence-electron chi connectivity index (χ1n) is 5.30. The van der Waals surface area contributed by atoms with Crippen LogP contribution >= 0.6 is 15.9 Å². The second-order valence-corrected chi connectivity index (χ2v) is 5.51. The maximum atomic E-state index is 5.29. The Balaban J connectivity index is 2.19. The molecule has 0 radical (unpaired) electrons. The van der Waals surface area contributed by atoms with Gasteiger partial charge in [-0.1, -0.05) is 0 Å². The molecule has 88 valence electrons. The lowest BCUT2D eigenvalue weighted by atomic mass is 9.99. The lowest BCUT2D eigenvalue weighted by molar-refractivity contribution is 0.492. The molecule has 1 aliphatic rings. The van der Waals surface area contributed by atoms with Crippen molar-refractivity contribution < 1.29 is 0 Å². The third-order valence-electron chi connectivity index (χ3n) is 2.91. The molecule has 1 aromatic heterocycles. The number of aromatic nitrogens is 2. The van der Waals surface area contributed by atoms with E-state index in [-0.39, 0.29) is 5.54 Å². The Bertz CT molecular complexity index is 389. The third-order valence-corrected chi connectivity index (χ3v) is 3.49. The summed E-state index contributed by atoms with van der Waals surface area (Å²) >= 11 is 3.43. The Morgan fingerprint density at radius 2 is 2.19 bits per heavy atom. The zero-order valence-corrected chi connectivity index (χ0v) is 11.0. The fourth-order valence-corrected chi connectivity index (χ4v) is 2.03. The van der Waals surface area contributed by atoms with Crippen molar-refractivity contribution >= 4 is 27.7 Å². The van der Waals surface area contributed by atoms with Gasteiger partial charge in [0.2, 0.25) is 5.95 Å². The van der Waals surface area contributed by atoms with Crippen LogP contribution in [0, 0.1) is 5.92 Å². The van der Waals surface area contributed by atoms with Crippen molar-refractivity contribution in [3.05, 3.63) is 10.7 Å². The van der Waals surface area contributed by atoms with E-state index in [2.05, 4.69) is 50.5 Å². The van der Waals surface area contributed by atoms with E-state index in [1.54, 1.807) is 6.20 Å². The summed E-state index contributed by atoms with van der Waals surface area (Å²) in [6.45, 7) is 4.38. The van der Waals surface area contributed by atoms with E-state index in [0.717, 1.165) is 16.2 Å². The van der Waals surface area contributed by atoms with Gasteiger partial charge in [-0.15, -0.1) is 0 Å². The van der Waals surface area contributed by atoms with E-state index in [0.29, 0.717) is 5.95 Å². The van der Waals surface area contributed by atoms with Gasteiger partial charge >= 0.3 is 0 Å². The lowest BCUT2D eigenvalue weighted by Crippen LogP contribution is -2.34. The quantitative estimate of drug-likeness (QED) is 0.584. The van der Waals surface area contributed by atoms with E-state index < -0.39 is 0 Å². The van der Waals surface area contributed by atoms with Crippen LogP contribution in [-0.2, 0) is 0 Å². The molecule has 4 N–H and O–H groups in total. The lowest BCUT2D eigenvalue weighted by Gasteiger charge is -2.27. The van der Waals surface area contributed by atoms with Crippen molar-refractivity contribution in [2.24, 2.45) is 11.8 Å². The zero-order chi connectivity index (χ0) is 11.8. The highest BCUT2D eigenvalue weighted by atomic mass is 79.9. The van der Waals surface area contributed by atoms with Gasteiger partial charge in [0.15, 0.2) is 0 Å². The van der Waals surface area contributed by atoms with Crippen molar-refractivity contribution in [1.29, 1.82) is 0 Å². The van der Waals surface area contributed by atoms with Gasteiger partial charge < -0.3 is 5.32 Å². The largest absolute Gasteiger partial charge is 0.364 e. The van der Waals surface area contributed by atoms with Crippen LogP contribution in [-0.4, -0.2) is 15.5 Å². The predicted octanol–water partition coefficient (Wildman–Crippen LogP) is 2.13. The van der Waals surface area contributed by atoms with Crippen LogP contribution in [0.3, 0.4) is 0 Å². The van der Waals surface area contributed by atoms with Crippen molar-refractivity contribution in [1.82, 2.24) is 9.97 Å². The molecule has 0 aromatic carbocycles. The molecule has 0 bridgehead atoms. The number of nitrogens with one attached hydrogen (secondary N) is 2. The normalized spacial score (nSPS) is 16.0. The third kappa shape index (κ3) is 2.44. The van der Waals surface area contributed by atoms with Crippen molar-refractivity contribution in [3.8, 4) is 0 Å². The summed E-state index contributed by atoms with van der Waals surface area (Å²) in [5, 5.41) is 3.43. The van der Waals surface area contributed by atoms with Crippen LogP contribution < -0.4 is 16.6 Å². The summed E-state index contributed by atoms with van der Waals surface area (Å²) in [6.07, 6.45) is 4.25. The summed E-state index contributed by atoms with van der Waals surface area (Å²) in [5.74, 6) is 7.20. The predicted molar refractivity (Wildman–Crippen MR) is 68.0 cm³/mol. The molecule has 16 heavy (non-hydrogen) atoms. The maximum absolute atomic E-state index is 5.29. The molecular weight excluding hydrogens is 270 g/mol. The summed E-state index contributed by atoms with van der Waals surface area (Å²) in [6, 6.07) is 0. The van der Waals surface area contributed by atoms with Gasteiger partial charge in [-0.3, -0.25) is 5.43 Å². The van der Waals surface area contributed by atoms with Gasteiger partial charge in [0, 0.05) is 11.7 Å². The highest BCUT2D eigenvalue weighted by molar-refractivity contribution is 9.10. The van der Waals surface area contributed by atoms with Gasteiger partial charge in [0.25, 0.3) is 0 Å². The molecule has 1 heterocycles. The molecule has 0 saturated heterocycles. The number of hydrazine groups is 1. The van der Waals surface area contributed by atoms with Crippen molar-refractivity contribution in [2.45, 2.75) is 32.2 Å². The Morgan fingerprint density at radius 1 is 1.50 bits per heavy atom. The van der Waals surface area contributed by atoms with Crippen molar-refractivity contribution in [3.63, 3.8) is 0 Å². The topological polar surface area (TPSA) is 75.9 Å². The molecule has 1 aliphatic carbocycles.